The van der Waals surface area contributed by atoms with Gasteiger partial charge in [-0.05, 0) is 67.3 Å². The predicted octanol–water partition coefficient (Wildman–Crippen LogP) is 4.36. The van der Waals surface area contributed by atoms with Crippen LogP contribution < -0.4 is 19.6 Å². The smallest absolute Gasteiger partial charge is 0.161 e. The molecule has 0 saturated heterocycles. The quantitative estimate of drug-likeness (QED) is 0.495. The number of halogens is 2. The fourth-order valence-electron chi connectivity index (χ4n) is 2.10. The number of hydrazone groups is 1. The van der Waals surface area contributed by atoms with E-state index in [2.05, 4.69) is 42.4 Å². The second kappa shape index (κ2) is 8.94. The van der Waals surface area contributed by atoms with E-state index in [0.29, 0.717) is 18.0 Å². The summed E-state index contributed by atoms with van der Waals surface area (Å²) in [6, 6.07) is 9.62. The normalized spacial score (nSPS) is 10.7. The van der Waals surface area contributed by atoms with Gasteiger partial charge in [-0.15, -0.1) is 0 Å². The van der Waals surface area contributed by atoms with Crippen LogP contribution in [0.15, 0.2) is 44.4 Å². The van der Waals surface area contributed by atoms with Gasteiger partial charge in [-0.25, -0.2) is 0 Å². The standard InChI is InChI=1S/C17H18Br2N2O3/c1-22-15-5-4-11(8-16(15)23-2)9-20-21-10-12-6-13(18)17(24-3)14(19)7-12/h4-8,10,20H,9H2,1-3H3/b21-10-. The molecule has 0 aromatic heterocycles. The minimum Gasteiger partial charge on any atom is -0.494 e. The Labute approximate surface area is 158 Å². The van der Waals surface area contributed by atoms with E-state index in [-0.39, 0.29) is 0 Å². The van der Waals surface area contributed by atoms with Crippen molar-refractivity contribution in [1.82, 2.24) is 5.43 Å². The van der Waals surface area contributed by atoms with E-state index in [1.165, 1.54) is 0 Å². The van der Waals surface area contributed by atoms with Gasteiger partial charge in [-0.2, -0.15) is 5.10 Å². The first-order valence-corrected chi connectivity index (χ1v) is 8.67. The fraction of sp³-hybridized carbons (Fsp3) is 0.235. The highest BCUT2D eigenvalue weighted by Crippen LogP contribution is 2.34. The summed E-state index contributed by atoms with van der Waals surface area (Å²) in [4.78, 5) is 0. The third kappa shape index (κ3) is 4.64. The minimum absolute atomic E-state index is 0.579. The third-order valence-electron chi connectivity index (χ3n) is 3.26. The van der Waals surface area contributed by atoms with Crippen LogP contribution in [0.3, 0.4) is 0 Å². The first-order valence-electron chi connectivity index (χ1n) is 7.09. The molecule has 0 aliphatic rings. The van der Waals surface area contributed by atoms with E-state index >= 15 is 0 Å². The topological polar surface area (TPSA) is 52.1 Å². The monoisotopic (exact) mass is 456 g/mol. The van der Waals surface area contributed by atoms with Crippen molar-refractivity contribution >= 4 is 38.1 Å². The van der Waals surface area contributed by atoms with Crippen LogP contribution >= 0.6 is 31.9 Å². The molecule has 2 aromatic rings. The molecule has 0 spiro atoms. The average Bonchev–Trinajstić information content (AvgIpc) is 2.58. The van der Waals surface area contributed by atoms with Crippen LogP contribution in [-0.4, -0.2) is 27.5 Å². The molecule has 0 atom stereocenters. The van der Waals surface area contributed by atoms with Crippen molar-refractivity contribution in [2.24, 2.45) is 5.10 Å². The van der Waals surface area contributed by atoms with Gasteiger partial charge in [0, 0.05) is 0 Å². The van der Waals surface area contributed by atoms with Gasteiger partial charge in [0.05, 0.1) is 43.0 Å². The summed E-state index contributed by atoms with van der Waals surface area (Å²) in [5, 5.41) is 4.24. The van der Waals surface area contributed by atoms with Crippen molar-refractivity contribution in [1.29, 1.82) is 0 Å². The predicted molar refractivity (Wildman–Crippen MR) is 102 cm³/mol. The Morgan fingerprint density at radius 2 is 1.62 bits per heavy atom. The Morgan fingerprint density at radius 1 is 0.958 bits per heavy atom. The Hall–Kier alpha value is -1.73. The molecule has 24 heavy (non-hydrogen) atoms. The first kappa shape index (κ1) is 18.6. The molecule has 0 fully saturated rings. The Balaban J connectivity index is 2.00. The number of hydrogen-bond donors (Lipinski definition) is 1. The van der Waals surface area contributed by atoms with Crippen LogP contribution in [0.1, 0.15) is 11.1 Å². The lowest BCUT2D eigenvalue weighted by Gasteiger charge is -2.09. The van der Waals surface area contributed by atoms with Gasteiger partial charge in [-0.1, -0.05) is 6.07 Å². The average molecular weight is 458 g/mol. The SMILES string of the molecule is COc1ccc(CN/N=C\c2cc(Br)c(OC)c(Br)c2)cc1OC. The number of methoxy groups -OCH3 is 3. The van der Waals surface area contributed by atoms with Crippen LogP contribution in [0.5, 0.6) is 17.2 Å². The number of benzene rings is 2. The van der Waals surface area contributed by atoms with Crippen molar-refractivity contribution in [3.63, 3.8) is 0 Å². The molecule has 7 heteroatoms. The van der Waals surface area contributed by atoms with Gasteiger partial charge >= 0.3 is 0 Å². The fourth-order valence-corrected chi connectivity index (χ4v) is 3.64. The third-order valence-corrected chi connectivity index (χ3v) is 4.44. The van der Waals surface area contributed by atoms with Gasteiger partial charge in [0.25, 0.3) is 0 Å². The molecular formula is C17H18Br2N2O3. The zero-order chi connectivity index (χ0) is 17.5. The number of nitrogens with one attached hydrogen (secondary N) is 1. The maximum absolute atomic E-state index is 5.29. The molecule has 5 nitrogen and oxygen atoms in total. The van der Waals surface area contributed by atoms with Gasteiger partial charge in [0.15, 0.2) is 11.5 Å². The van der Waals surface area contributed by atoms with Crippen molar-refractivity contribution < 1.29 is 14.2 Å². The van der Waals surface area contributed by atoms with Crippen molar-refractivity contribution in [2.75, 3.05) is 21.3 Å². The Morgan fingerprint density at radius 3 is 2.21 bits per heavy atom. The highest BCUT2D eigenvalue weighted by atomic mass is 79.9. The molecule has 2 aromatic carbocycles. The number of nitrogens with zero attached hydrogens (tertiary/aromatic N) is 1. The highest BCUT2D eigenvalue weighted by Gasteiger charge is 2.07. The molecule has 0 aliphatic heterocycles. The summed E-state index contributed by atoms with van der Waals surface area (Å²) >= 11 is 6.94. The van der Waals surface area contributed by atoms with Crippen LogP contribution in [0.25, 0.3) is 0 Å². The molecule has 0 radical (unpaired) electrons. The van der Waals surface area contributed by atoms with Crippen molar-refractivity contribution in [3.8, 4) is 17.2 Å². The molecule has 0 bridgehead atoms. The van der Waals surface area contributed by atoms with E-state index in [1.54, 1.807) is 27.5 Å². The van der Waals surface area contributed by atoms with Crippen molar-refractivity contribution in [3.05, 3.63) is 50.4 Å². The van der Waals surface area contributed by atoms with E-state index in [1.807, 2.05) is 30.3 Å². The Bertz CT molecular complexity index is 713. The summed E-state index contributed by atoms with van der Waals surface area (Å²) in [6.07, 6.45) is 1.75. The molecule has 128 valence electrons. The molecule has 0 saturated carbocycles. The van der Waals surface area contributed by atoms with E-state index < -0.39 is 0 Å². The lowest BCUT2D eigenvalue weighted by molar-refractivity contribution is 0.354. The summed E-state index contributed by atoms with van der Waals surface area (Å²) in [5.74, 6) is 2.16. The largest absolute Gasteiger partial charge is 0.494 e. The van der Waals surface area contributed by atoms with Crippen LogP contribution in [-0.2, 0) is 6.54 Å². The molecule has 0 aliphatic carbocycles. The summed E-state index contributed by atoms with van der Waals surface area (Å²) in [7, 11) is 4.86. The second-order valence-corrected chi connectivity index (χ2v) is 6.51. The molecule has 0 heterocycles. The van der Waals surface area contributed by atoms with Crippen molar-refractivity contribution in [2.45, 2.75) is 6.54 Å². The molecule has 2 rings (SSSR count). The van der Waals surface area contributed by atoms with E-state index in [9.17, 15) is 0 Å². The zero-order valence-electron chi connectivity index (χ0n) is 13.6. The number of rotatable bonds is 7. The van der Waals surface area contributed by atoms with Gasteiger partial charge in [0.2, 0.25) is 0 Å². The lowest BCUT2D eigenvalue weighted by Crippen LogP contribution is -2.06. The molecular weight excluding hydrogens is 440 g/mol. The maximum atomic E-state index is 5.29. The van der Waals surface area contributed by atoms with Crippen LogP contribution in [0.2, 0.25) is 0 Å². The van der Waals surface area contributed by atoms with Gasteiger partial charge in [0.1, 0.15) is 5.75 Å². The zero-order valence-corrected chi connectivity index (χ0v) is 16.8. The van der Waals surface area contributed by atoms with Gasteiger partial charge < -0.3 is 19.6 Å². The van der Waals surface area contributed by atoms with E-state index in [4.69, 9.17) is 14.2 Å². The molecule has 0 unspecified atom stereocenters. The van der Waals surface area contributed by atoms with E-state index in [0.717, 1.165) is 25.8 Å². The summed E-state index contributed by atoms with van der Waals surface area (Å²) < 4.78 is 17.5. The molecule has 1 N–H and O–H groups in total. The maximum Gasteiger partial charge on any atom is 0.161 e. The molecule has 0 amide bonds. The highest BCUT2D eigenvalue weighted by molar-refractivity contribution is 9.11. The number of ether oxygens (including phenoxy) is 3. The summed E-state index contributed by atoms with van der Waals surface area (Å²) in [6.45, 7) is 0.579. The van der Waals surface area contributed by atoms with Gasteiger partial charge in [-0.3, -0.25) is 0 Å². The van der Waals surface area contributed by atoms with Crippen LogP contribution in [0, 0.1) is 0 Å². The van der Waals surface area contributed by atoms with Crippen LogP contribution in [0.4, 0.5) is 0 Å². The minimum atomic E-state index is 0.579. The first-order chi connectivity index (χ1) is 11.6. The second-order valence-electron chi connectivity index (χ2n) is 4.80. The Kier molecular flexibility index (Phi) is 6.93. The summed E-state index contributed by atoms with van der Waals surface area (Å²) in [5.41, 5.74) is 5.00. The lowest BCUT2D eigenvalue weighted by atomic mass is 10.2. The number of hydrogen-bond acceptors (Lipinski definition) is 5.